The lowest BCUT2D eigenvalue weighted by molar-refractivity contribution is -0.385. The highest BCUT2D eigenvalue weighted by atomic mass is 16.6. The van der Waals surface area contributed by atoms with Crippen molar-refractivity contribution in [1.82, 2.24) is 35.5 Å². The minimum atomic E-state index is -0.825. The molecule has 1 aliphatic carbocycles. The molecule has 4 rings (SSSR count). The zero-order chi connectivity index (χ0) is 19.8. The minimum Gasteiger partial charge on any atom is -0.316 e. The molecule has 0 saturated carbocycles. The molecule has 0 aliphatic heterocycles. The number of rotatable bonds is 5. The van der Waals surface area contributed by atoms with Crippen LogP contribution in [0.2, 0.25) is 0 Å². The second-order valence-electron chi connectivity index (χ2n) is 7.09. The average molecular weight is 386 g/mol. The fraction of sp³-hybridized carbons (Fsp3) is 0.438. The van der Waals surface area contributed by atoms with Gasteiger partial charge in [-0.2, -0.15) is 0 Å². The maximum absolute atomic E-state index is 11.8. The van der Waals surface area contributed by atoms with Gasteiger partial charge in [0.25, 0.3) is 5.69 Å². The van der Waals surface area contributed by atoms with Crippen LogP contribution in [0.4, 0.5) is 5.69 Å². The van der Waals surface area contributed by atoms with Crippen LogP contribution in [0.1, 0.15) is 23.4 Å². The van der Waals surface area contributed by atoms with E-state index in [0.717, 1.165) is 18.5 Å². The Morgan fingerprint density at radius 3 is 2.79 bits per heavy atom. The molecule has 12 heteroatoms. The molecule has 3 aromatic rings. The predicted octanol–water partition coefficient (Wildman–Crippen LogP) is -0.125. The molecule has 0 radical (unpaired) electrons. The highest BCUT2D eigenvalue weighted by Gasteiger charge is 2.29. The molecule has 1 unspecified atom stereocenters. The SMILES string of the molecule is CN(Cc1nnn[nH]1)CC1CCc2c([N+](=O)[O-])cc3[nH]c(=O)c(=O)[nH]c3c2C1. The second-order valence-corrected chi connectivity index (χ2v) is 7.09. The van der Waals surface area contributed by atoms with Crippen molar-refractivity contribution in [3.05, 3.63) is 53.8 Å². The molecule has 0 amide bonds. The third kappa shape index (κ3) is 3.29. The lowest BCUT2D eigenvalue weighted by atomic mass is 9.82. The highest BCUT2D eigenvalue weighted by molar-refractivity contribution is 5.83. The van der Waals surface area contributed by atoms with Gasteiger partial charge in [-0.25, -0.2) is 5.10 Å². The maximum Gasteiger partial charge on any atom is 0.314 e. The van der Waals surface area contributed by atoms with Gasteiger partial charge in [-0.05, 0) is 48.2 Å². The second kappa shape index (κ2) is 6.96. The Morgan fingerprint density at radius 2 is 2.07 bits per heavy atom. The summed E-state index contributed by atoms with van der Waals surface area (Å²) in [6.07, 6.45) is 1.88. The van der Waals surface area contributed by atoms with Crippen molar-refractivity contribution in [3.8, 4) is 0 Å². The third-order valence-electron chi connectivity index (χ3n) is 5.09. The highest BCUT2D eigenvalue weighted by Crippen LogP contribution is 2.36. The Hall–Kier alpha value is -3.41. The van der Waals surface area contributed by atoms with Crippen LogP contribution in [0.3, 0.4) is 0 Å². The summed E-state index contributed by atoms with van der Waals surface area (Å²) in [5.74, 6) is 0.885. The molecule has 1 atom stereocenters. The molecule has 0 saturated heterocycles. The van der Waals surface area contributed by atoms with Crippen molar-refractivity contribution in [1.29, 1.82) is 0 Å². The van der Waals surface area contributed by atoms with E-state index in [4.69, 9.17) is 0 Å². The van der Waals surface area contributed by atoms with Crippen molar-refractivity contribution in [2.45, 2.75) is 25.8 Å². The molecule has 2 aromatic heterocycles. The fourth-order valence-corrected chi connectivity index (χ4v) is 3.92. The summed E-state index contributed by atoms with van der Waals surface area (Å²) in [6.45, 7) is 1.29. The van der Waals surface area contributed by atoms with E-state index in [1.54, 1.807) is 0 Å². The summed E-state index contributed by atoms with van der Waals surface area (Å²) >= 11 is 0. The van der Waals surface area contributed by atoms with Gasteiger partial charge >= 0.3 is 11.1 Å². The number of nitro groups is 1. The molecule has 146 valence electrons. The largest absolute Gasteiger partial charge is 0.316 e. The van der Waals surface area contributed by atoms with E-state index in [1.807, 2.05) is 7.05 Å². The molecular weight excluding hydrogens is 368 g/mol. The lowest BCUT2D eigenvalue weighted by Crippen LogP contribution is -2.32. The van der Waals surface area contributed by atoms with Crippen molar-refractivity contribution in [2.75, 3.05) is 13.6 Å². The first kappa shape index (κ1) is 18.0. The number of hydrogen-bond donors (Lipinski definition) is 3. The van der Waals surface area contributed by atoms with Gasteiger partial charge in [0, 0.05) is 18.2 Å². The van der Waals surface area contributed by atoms with Crippen LogP contribution < -0.4 is 11.1 Å². The Balaban J connectivity index is 1.68. The predicted molar refractivity (Wildman–Crippen MR) is 97.9 cm³/mol. The Bertz CT molecular complexity index is 1150. The molecule has 1 aromatic carbocycles. The van der Waals surface area contributed by atoms with Crippen molar-refractivity contribution >= 4 is 16.7 Å². The van der Waals surface area contributed by atoms with Crippen molar-refractivity contribution < 1.29 is 4.92 Å². The molecule has 0 spiro atoms. The third-order valence-corrected chi connectivity index (χ3v) is 5.09. The number of benzene rings is 1. The first-order valence-corrected chi connectivity index (χ1v) is 8.79. The van der Waals surface area contributed by atoms with E-state index in [2.05, 4.69) is 35.5 Å². The van der Waals surface area contributed by atoms with E-state index in [-0.39, 0.29) is 17.1 Å². The number of fused-ring (bicyclic) bond motifs is 3. The fourth-order valence-electron chi connectivity index (χ4n) is 3.92. The number of aromatic amines is 3. The Labute approximate surface area is 157 Å². The van der Waals surface area contributed by atoms with Crippen LogP contribution in [0.25, 0.3) is 11.0 Å². The van der Waals surface area contributed by atoms with Gasteiger partial charge in [0.2, 0.25) is 0 Å². The van der Waals surface area contributed by atoms with E-state index >= 15 is 0 Å². The van der Waals surface area contributed by atoms with Crippen LogP contribution in [0.5, 0.6) is 0 Å². The standard InChI is InChI=1S/C16H18N8O4/c1-23(7-13-19-21-22-20-13)6-8-2-3-9-10(4-8)14-11(5-12(9)24(27)28)17-15(25)16(26)18-14/h5,8H,2-4,6-7H2,1H3,(H,17,25)(H,18,26)(H,19,20,21,22). The molecule has 3 N–H and O–H groups in total. The number of nitrogens with zero attached hydrogens (tertiary/aromatic N) is 5. The number of tetrazole rings is 1. The summed E-state index contributed by atoms with van der Waals surface area (Å²) in [5.41, 5.74) is 0.482. The molecule has 28 heavy (non-hydrogen) atoms. The molecule has 0 bridgehead atoms. The van der Waals surface area contributed by atoms with E-state index < -0.39 is 16.0 Å². The summed E-state index contributed by atoms with van der Waals surface area (Å²) in [4.78, 5) is 41.7. The van der Waals surface area contributed by atoms with Gasteiger partial charge in [0.1, 0.15) is 0 Å². The lowest BCUT2D eigenvalue weighted by Gasteiger charge is -2.28. The zero-order valence-corrected chi connectivity index (χ0v) is 15.1. The number of H-pyrrole nitrogens is 3. The quantitative estimate of drug-likeness (QED) is 0.310. The van der Waals surface area contributed by atoms with Crippen LogP contribution >= 0.6 is 0 Å². The van der Waals surface area contributed by atoms with E-state index in [1.165, 1.54) is 6.07 Å². The zero-order valence-electron chi connectivity index (χ0n) is 15.1. The first-order valence-electron chi connectivity index (χ1n) is 8.79. The van der Waals surface area contributed by atoms with Crippen molar-refractivity contribution in [2.24, 2.45) is 5.92 Å². The van der Waals surface area contributed by atoms with Crippen LogP contribution in [-0.2, 0) is 19.4 Å². The normalized spacial score (nSPS) is 16.4. The van der Waals surface area contributed by atoms with Gasteiger partial charge in [-0.1, -0.05) is 0 Å². The van der Waals surface area contributed by atoms with Crippen LogP contribution in [0.15, 0.2) is 15.7 Å². The van der Waals surface area contributed by atoms with Gasteiger partial charge < -0.3 is 9.97 Å². The average Bonchev–Trinajstić information content (AvgIpc) is 3.15. The van der Waals surface area contributed by atoms with E-state index in [9.17, 15) is 19.7 Å². The summed E-state index contributed by atoms with van der Waals surface area (Å²) in [7, 11) is 1.95. The topological polar surface area (TPSA) is 167 Å². The molecule has 2 heterocycles. The van der Waals surface area contributed by atoms with E-state index in [0.29, 0.717) is 36.3 Å². The van der Waals surface area contributed by atoms with Gasteiger partial charge in [-0.15, -0.1) is 5.10 Å². The number of hydrogen-bond acceptors (Lipinski definition) is 8. The van der Waals surface area contributed by atoms with Gasteiger partial charge in [0.15, 0.2) is 5.82 Å². The minimum absolute atomic E-state index is 0.0234. The number of nitrogens with one attached hydrogen (secondary N) is 3. The number of aromatic nitrogens is 6. The molecule has 12 nitrogen and oxygen atoms in total. The smallest absolute Gasteiger partial charge is 0.314 e. The maximum atomic E-state index is 11.8. The molecule has 1 aliphatic rings. The summed E-state index contributed by atoms with van der Waals surface area (Å²) in [6, 6.07) is 1.33. The first-order chi connectivity index (χ1) is 13.4. The summed E-state index contributed by atoms with van der Waals surface area (Å²) in [5, 5.41) is 25.2. The summed E-state index contributed by atoms with van der Waals surface area (Å²) < 4.78 is 0. The Morgan fingerprint density at radius 1 is 1.29 bits per heavy atom. The Kier molecular flexibility index (Phi) is 4.47. The van der Waals surface area contributed by atoms with Crippen molar-refractivity contribution in [3.63, 3.8) is 0 Å². The van der Waals surface area contributed by atoms with Gasteiger partial charge in [-0.3, -0.25) is 24.6 Å². The van der Waals surface area contributed by atoms with Gasteiger partial charge in [0.05, 0.1) is 22.5 Å². The van der Waals surface area contributed by atoms with Crippen LogP contribution in [0, 0.1) is 16.0 Å². The van der Waals surface area contributed by atoms with Crippen LogP contribution in [-0.4, -0.2) is 54.0 Å². The number of nitro benzene ring substituents is 1. The molecular formula is C16H18N8O4. The molecule has 0 fully saturated rings. The monoisotopic (exact) mass is 386 g/mol.